The van der Waals surface area contributed by atoms with Crippen molar-refractivity contribution in [2.45, 2.75) is 12.6 Å². The van der Waals surface area contributed by atoms with Crippen LogP contribution in [-0.4, -0.2) is 23.0 Å². The van der Waals surface area contributed by atoms with Crippen molar-refractivity contribution in [1.82, 2.24) is 4.90 Å². The fourth-order valence-corrected chi connectivity index (χ4v) is 3.73. The first-order chi connectivity index (χ1) is 13.7. The van der Waals surface area contributed by atoms with E-state index in [1.807, 2.05) is 84.9 Å². The number of hydrogen-bond acceptors (Lipinski definition) is 3. The number of methoxy groups -OCH3 is 1. The van der Waals surface area contributed by atoms with Gasteiger partial charge in [0, 0.05) is 11.1 Å². The van der Waals surface area contributed by atoms with E-state index in [9.17, 15) is 9.90 Å². The third kappa shape index (κ3) is 3.14. The van der Waals surface area contributed by atoms with E-state index in [1.165, 1.54) is 0 Å². The van der Waals surface area contributed by atoms with Gasteiger partial charge in [0.2, 0.25) is 0 Å². The summed E-state index contributed by atoms with van der Waals surface area (Å²) in [6.45, 7) is 0.336. The Morgan fingerprint density at radius 1 is 0.893 bits per heavy atom. The predicted molar refractivity (Wildman–Crippen MR) is 109 cm³/mol. The smallest absolute Gasteiger partial charge is 0.290 e. The number of ether oxygens (including phenoxy) is 1. The fourth-order valence-electron chi connectivity index (χ4n) is 3.73. The van der Waals surface area contributed by atoms with Crippen LogP contribution >= 0.6 is 0 Å². The van der Waals surface area contributed by atoms with Crippen LogP contribution in [0.2, 0.25) is 0 Å². The molecule has 0 saturated carbocycles. The first kappa shape index (κ1) is 17.9. The van der Waals surface area contributed by atoms with E-state index in [0.717, 1.165) is 22.4 Å². The highest BCUT2D eigenvalue weighted by molar-refractivity contribution is 6.05. The van der Waals surface area contributed by atoms with Crippen molar-refractivity contribution in [3.8, 4) is 5.75 Å². The number of aliphatic hydroxyl groups is 1. The summed E-state index contributed by atoms with van der Waals surface area (Å²) in [7, 11) is 1.62. The zero-order chi connectivity index (χ0) is 19.5. The Labute approximate surface area is 164 Å². The number of amides is 1. The fraction of sp³-hybridized carbons (Fsp3) is 0.125. The lowest BCUT2D eigenvalue weighted by atomic mass is 9.93. The zero-order valence-electron chi connectivity index (χ0n) is 15.6. The van der Waals surface area contributed by atoms with Crippen molar-refractivity contribution in [1.29, 1.82) is 0 Å². The standard InChI is InChI=1S/C24H21NO3/c1-28-20-15-9-8-14-19(20)16-25-22(18-12-6-3-7-13-18)21(23(26)24(25)27)17-10-4-2-5-11-17/h2-15,22,26H,16H2,1H3/t22-/m0/s1. The number of para-hydroxylation sites is 1. The number of carbonyl (C=O) groups excluding carboxylic acids is 1. The summed E-state index contributed by atoms with van der Waals surface area (Å²) in [5.74, 6) is 0.142. The quantitative estimate of drug-likeness (QED) is 0.704. The van der Waals surface area contributed by atoms with E-state index < -0.39 is 0 Å². The lowest BCUT2D eigenvalue weighted by Crippen LogP contribution is -2.30. The number of aliphatic hydroxyl groups excluding tert-OH is 1. The van der Waals surface area contributed by atoms with Gasteiger partial charge in [-0.3, -0.25) is 4.79 Å². The van der Waals surface area contributed by atoms with Gasteiger partial charge in [-0.05, 0) is 17.2 Å². The Balaban J connectivity index is 1.81. The molecule has 1 atom stereocenters. The molecule has 0 radical (unpaired) electrons. The molecule has 1 aliphatic rings. The average Bonchev–Trinajstić information content (AvgIpc) is 3.00. The molecule has 0 spiro atoms. The van der Waals surface area contributed by atoms with Gasteiger partial charge in [-0.25, -0.2) is 0 Å². The van der Waals surface area contributed by atoms with Gasteiger partial charge in [0.1, 0.15) is 5.75 Å². The summed E-state index contributed by atoms with van der Waals surface area (Å²) >= 11 is 0. The van der Waals surface area contributed by atoms with Crippen molar-refractivity contribution < 1.29 is 14.6 Å². The monoisotopic (exact) mass is 371 g/mol. The molecule has 1 heterocycles. The summed E-state index contributed by atoms with van der Waals surface area (Å²) < 4.78 is 5.46. The number of hydrogen-bond donors (Lipinski definition) is 1. The van der Waals surface area contributed by atoms with E-state index in [4.69, 9.17) is 4.74 Å². The number of carbonyl (C=O) groups is 1. The van der Waals surface area contributed by atoms with Crippen molar-refractivity contribution in [2.75, 3.05) is 7.11 Å². The minimum absolute atomic E-state index is 0.199. The molecule has 0 saturated heterocycles. The molecule has 0 unspecified atom stereocenters. The Morgan fingerprint density at radius 3 is 2.18 bits per heavy atom. The summed E-state index contributed by atoms with van der Waals surface area (Å²) in [4.78, 5) is 14.8. The van der Waals surface area contributed by atoms with E-state index in [1.54, 1.807) is 12.0 Å². The van der Waals surface area contributed by atoms with E-state index in [2.05, 4.69) is 0 Å². The van der Waals surface area contributed by atoms with Gasteiger partial charge in [-0.1, -0.05) is 78.9 Å². The normalized spacial score (nSPS) is 16.5. The topological polar surface area (TPSA) is 49.8 Å². The Kier molecular flexibility index (Phi) is 4.85. The first-order valence-electron chi connectivity index (χ1n) is 9.17. The molecule has 140 valence electrons. The van der Waals surface area contributed by atoms with Crippen molar-refractivity contribution >= 4 is 11.5 Å². The maximum atomic E-state index is 13.1. The second-order valence-electron chi connectivity index (χ2n) is 6.69. The molecule has 4 nitrogen and oxygen atoms in total. The van der Waals surface area contributed by atoms with Crippen molar-refractivity contribution in [3.63, 3.8) is 0 Å². The third-order valence-electron chi connectivity index (χ3n) is 5.04. The number of nitrogens with zero attached hydrogens (tertiary/aromatic N) is 1. The number of benzene rings is 3. The third-order valence-corrected chi connectivity index (χ3v) is 5.04. The van der Waals surface area contributed by atoms with E-state index >= 15 is 0 Å². The Hall–Kier alpha value is -3.53. The zero-order valence-corrected chi connectivity index (χ0v) is 15.6. The van der Waals surface area contributed by atoms with Crippen LogP contribution in [0.3, 0.4) is 0 Å². The molecule has 1 aliphatic heterocycles. The van der Waals surface area contributed by atoms with Gasteiger partial charge >= 0.3 is 0 Å². The molecule has 0 aromatic heterocycles. The van der Waals surface area contributed by atoms with Crippen LogP contribution in [0.25, 0.3) is 5.57 Å². The molecule has 1 amide bonds. The van der Waals surface area contributed by atoms with Crippen LogP contribution in [0.15, 0.2) is 90.7 Å². The molecule has 0 fully saturated rings. The van der Waals surface area contributed by atoms with Crippen LogP contribution in [0.4, 0.5) is 0 Å². The highest BCUT2D eigenvalue weighted by Crippen LogP contribution is 2.44. The first-order valence-corrected chi connectivity index (χ1v) is 9.17. The summed E-state index contributed by atoms with van der Waals surface area (Å²) in [5.41, 5.74) is 3.31. The second kappa shape index (κ2) is 7.61. The molecule has 4 heteroatoms. The van der Waals surface area contributed by atoms with E-state index in [0.29, 0.717) is 12.1 Å². The van der Waals surface area contributed by atoms with Gasteiger partial charge < -0.3 is 14.7 Å². The maximum absolute atomic E-state index is 13.1. The van der Waals surface area contributed by atoms with Crippen LogP contribution in [0.5, 0.6) is 5.75 Å². The average molecular weight is 371 g/mol. The second-order valence-corrected chi connectivity index (χ2v) is 6.69. The van der Waals surface area contributed by atoms with Gasteiger partial charge in [0.15, 0.2) is 5.76 Å². The molecule has 4 rings (SSSR count). The highest BCUT2D eigenvalue weighted by Gasteiger charge is 2.41. The Morgan fingerprint density at radius 2 is 1.50 bits per heavy atom. The SMILES string of the molecule is COc1ccccc1CN1C(=O)C(O)=C(c2ccccc2)[C@@H]1c1ccccc1. The van der Waals surface area contributed by atoms with Crippen molar-refractivity contribution in [2.24, 2.45) is 0 Å². The lowest BCUT2D eigenvalue weighted by molar-refractivity contribution is -0.130. The molecule has 1 N–H and O–H groups in total. The van der Waals surface area contributed by atoms with Crippen LogP contribution in [0, 0.1) is 0 Å². The lowest BCUT2D eigenvalue weighted by Gasteiger charge is -2.28. The highest BCUT2D eigenvalue weighted by atomic mass is 16.5. The summed E-state index contributed by atoms with van der Waals surface area (Å²) in [6.07, 6.45) is 0. The molecular weight excluding hydrogens is 350 g/mol. The van der Waals surface area contributed by atoms with Gasteiger partial charge in [0.05, 0.1) is 19.7 Å². The van der Waals surface area contributed by atoms with Gasteiger partial charge in [-0.15, -0.1) is 0 Å². The summed E-state index contributed by atoms with van der Waals surface area (Å²) in [6, 6.07) is 26.6. The Bertz CT molecular complexity index is 1010. The van der Waals surface area contributed by atoms with Crippen LogP contribution in [-0.2, 0) is 11.3 Å². The van der Waals surface area contributed by atoms with Crippen LogP contribution < -0.4 is 4.74 Å². The maximum Gasteiger partial charge on any atom is 0.290 e. The minimum Gasteiger partial charge on any atom is -0.503 e. The molecular formula is C24H21NO3. The summed E-state index contributed by atoms with van der Waals surface area (Å²) in [5, 5.41) is 10.8. The van der Waals surface area contributed by atoms with Gasteiger partial charge in [-0.2, -0.15) is 0 Å². The van der Waals surface area contributed by atoms with Gasteiger partial charge in [0.25, 0.3) is 5.91 Å². The molecule has 0 aliphatic carbocycles. The molecule has 28 heavy (non-hydrogen) atoms. The minimum atomic E-state index is -0.376. The van der Waals surface area contributed by atoms with Crippen molar-refractivity contribution in [3.05, 3.63) is 107 Å². The van der Waals surface area contributed by atoms with Crippen LogP contribution in [0.1, 0.15) is 22.7 Å². The molecule has 3 aromatic carbocycles. The van der Waals surface area contributed by atoms with E-state index in [-0.39, 0.29) is 17.7 Å². The largest absolute Gasteiger partial charge is 0.503 e. The molecule has 0 bridgehead atoms. The molecule has 3 aromatic rings. The number of rotatable bonds is 5. The predicted octanol–water partition coefficient (Wildman–Crippen LogP) is 4.75.